The van der Waals surface area contributed by atoms with E-state index in [0.717, 1.165) is 11.3 Å². The molecule has 0 aliphatic heterocycles. The minimum absolute atomic E-state index is 0.353. The smallest absolute Gasteiger partial charge is 0.157 e. The number of methoxy groups -OCH3 is 1. The molecular formula is C16H15N3O. The van der Waals surface area contributed by atoms with Crippen LogP contribution in [0.3, 0.4) is 0 Å². The average Bonchev–Trinajstić information content (AvgIpc) is 2.46. The van der Waals surface area contributed by atoms with Crippen LogP contribution in [0.1, 0.15) is 5.82 Å². The number of anilines is 1. The van der Waals surface area contributed by atoms with E-state index in [1.807, 2.05) is 18.2 Å². The quantitative estimate of drug-likeness (QED) is 0.790. The van der Waals surface area contributed by atoms with Crippen molar-refractivity contribution in [3.05, 3.63) is 54.4 Å². The van der Waals surface area contributed by atoms with Crippen molar-refractivity contribution < 1.29 is 4.74 Å². The molecule has 1 aromatic heterocycles. The molecule has 4 heteroatoms. The second-order valence-electron chi connectivity index (χ2n) is 4.59. The Hall–Kier alpha value is -2.46. The van der Waals surface area contributed by atoms with E-state index in [1.54, 1.807) is 13.2 Å². The lowest BCUT2D eigenvalue weighted by Crippen LogP contribution is -2.02. The van der Waals surface area contributed by atoms with E-state index in [9.17, 15) is 0 Å². The molecule has 0 amide bonds. The Balaban J connectivity index is 2.10. The Labute approximate surface area is 117 Å². The summed E-state index contributed by atoms with van der Waals surface area (Å²) in [5.41, 5.74) is 7.67. The van der Waals surface area contributed by atoms with Crippen molar-refractivity contribution in [3.63, 3.8) is 0 Å². The highest BCUT2D eigenvalue weighted by Crippen LogP contribution is 2.24. The van der Waals surface area contributed by atoms with Crippen molar-refractivity contribution in [3.8, 4) is 11.3 Å². The summed E-state index contributed by atoms with van der Waals surface area (Å²) in [6, 6.07) is 16.2. The second kappa shape index (κ2) is 5.27. The van der Waals surface area contributed by atoms with Crippen molar-refractivity contribution in [1.82, 2.24) is 9.97 Å². The molecule has 0 aliphatic rings. The predicted molar refractivity (Wildman–Crippen MR) is 80.1 cm³/mol. The number of rotatable bonds is 3. The van der Waals surface area contributed by atoms with Gasteiger partial charge in [0.05, 0.1) is 5.69 Å². The molecule has 0 atom stereocenters. The van der Waals surface area contributed by atoms with Crippen LogP contribution in [0.15, 0.2) is 48.5 Å². The van der Waals surface area contributed by atoms with E-state index < -0.39 is 0 Å². The zero-order chi connectivity index (χ0) is 13.9. The lowest BCUT2D eigenvalue weighted by molar-refractivity contribution is 0.178. The first-order valence-corrected chi connectivity index (χ1v) is 6.38. The van der Waals surface area contributed by atoms with Crippen LogP contribution in [-0.2, 0) is 11.3 Å². The Morgan fingerprint density at radius 3 is 2.60 bits per heavy atom. The van der Waals surface area contributed by atoms with Gasteiger partial charge in [0.1, 0.15) is 12.4 Å². The fourth-order valence-corrected chi connectivity index (χ4v) is 2.21. The lowest BCUT2D eigenvalue weighted by Gasteiger charge is -2.07. The zero-order valence-corrected chi connectivity index (χ0v) is 11.2. The van der Waals surface area contributed by atoms with Gasteiger partial charge in [-0.1, -0.05) is 36.4 Å². The van der Waals surface area contributed by atoms with Crippen LogP contribution in [0, 0.1) is 0 Å². The zero-order valence-electron chi connectivity index (χ0n) is 11.2. The Bertz CT molecular complexity index is 756. The summed E-state index contributed by atoms with van der Waals surface area (Å²) in [7, 11) is 1.61. The van der Waals surface area contributed by atoms with Crippen LogP contribution in [0.4, 0.5) is 5.82 Å². The number of nitrogens with two attached hydrogens (primary N) is 1. The van der Waals surface area contributed by atoms with Crippen molar-refractivity contribution in [2.24, 2.45) is 0 Å². The summed E-state index contributed by atoms with van der Waals surface area (Å²) in [5, 5.41) is 2.38. The maximum atomic E-state index is 5.83. The van der Waals surface area contributed by atoms with Gasteiger partial charge in [-0.05, 0) is 16.8 Å². The van der Waals surface area contributed by atoms with Gasteiger partial charge in [0.25, 0.3) is 0 Å². The number of nitrogen functional groups attached to an aromatic ring is 1. The molecule has 0 saturated carbocycles. The predicted octanol–water partition coefficient (Wildman–Crippen LogP) is 3.03. The Morgan fingerprint density at radius 2 is 1.80 bits per heavy atom. The SMILES string of the molecule is COCc1nc(N)cc(-c2ccc3ccccc3c2)n1. The molecule has 0 fully saturated rings. The summed E-state index contributed by atoms with van der Waals surface area (Å²) in [5.74, 6) is 1.05. The van der Waals surface area contributed by atoms with E-state index in [0.29, 0.717) is 18.2 Å². The third-order valence-corrected chi connectivity index (χ3v) is 3.11. The van der Waals surface area contributed by atoms with Crippen molar-refractivity contribution in [1.29, 1.82) is 0 Å². The third kappa shape index (κ3) is 2.46. The molecule has 0 aliphatic carbocycles. The number of nitrogens with zero attached hydrogens (tertiary/aromatic N) is 2. The molecule has 0 unspecified atom stereocenters. The van der Waals surface area contributed by atoms with Crippen molar-refractivity contribution in [2.45, 2.75) is 6.61 Å². The first kappa shape index (κ1) is 12.6. The van der Waals surface area contributed by atoms with Crippen LogP contribution >= 0.6 is 0 Å². The normalized spacial score (nSPS) is 10.8. The molecule has 2 N–H and O–H groups in total. The largest absolute Gasteiger partial charge is 0.384 e. The van der Waals surface area contributed by atoms with Gasteiger partial charge in [0.15, 0.2) is 5.82 Å². The number of aromatic nitrogens is 2. The molecule has 0 radical (unpaired) electrons. The van der Waals surface area contributed by atoms with Crippen LogP contribution < -0.4 is 5.73 Å². The number of benzene rings is 2. The highest BCUT2D eigenvalue weighted by Gasteiger charge is 2.06. The molecule has 100 valence electrons. The molecular weight excluding hydrogens is 250 g/mol. The summed E-state index contributed by atoms with van der Waals surface area (Å²) in [6.45, 7) is 0.353. The average molecular weight is 265 g/mol. The molecule has 1 heterocycles. The lowest BCUT2D eigenvalue weighted by atomic mass is 10.0. The van der Waals surface area contributed by atoms with Gasteiger partial charge in [-0.15, -0.1) is 0 Å². The maximum absolute atomic E-state index is 5.83. The molecule has 0 bridgehead atoms. The second-order valence-corrected chi connectivity index (χ2v) is 4.59. The van der Waals surface area contributed by atoms with Gasteiger partial charge < -0.3 is 10.5 Å². The number of ether oxygens (including phenoxy) is 1. The van der Waals surface area contributed by atoms with Crippen LogP contribution in [0.25, 0.3) is 22.0 Å². The summed E-state index contributed by atoms with van der Waals surface area (Å²) in [4.78, 5) is 8.64. The van der Waals surface area contributed by atoms with Crippen molar-refractivity contribution in [2.75, 3.05) is 12.8 Å². The first-order valence-electron chi connectivity index (χ1n) is 6.38. The summed E-state index contributed by atoms with van der Waals surface area (Å²) < 4.78 is 5.06. The van der Waals surface area contributed by atoms with Gasteiger partial charge in [0, 0.05) is 18.7 Å². The maximum Gasteiger partial charge on any atom is 0.157 e. The number of fused-ring (bicyclic) bond motifs is 1. The minimum atomic E-state index is 0.353. The monoisotopic (exact) mass is 265 g/mol. The fourth-order valence-electron chi connectivity index (χ4n) is 2.21. The molecule has 0 saturated heterocycles. The number of hydrogen-bond acceptors (Lipinski definition) is 4. The fraction of sp³-hybridized carbons (Fsp3) is 0.125. The van der Waals surface area contributed by atoms with Crippen LogP contribution in [0.5, 0.6) is 0 Å². The molecule has 3 rings (SSSR count). The molecule has 2 aromatic carbocycles. The molecule has 20 heavy (non-hydrogen) atoms. The van der Waals surface area contributed by atoms with E-state index >= 15 is 0 Å². The van der Waals surface area contributed by atoms with Gasteiger partial charge in [-0.2, -0.15) is 0 Å². The molecule has 3 aromatic rings. The van der Waals surface area contributed by atoms with Gasteiger partial charge in [0.2, 0.25) is 0 Å². The van der Waals surface area contributed by atoms with Gasteiger partial charge in [-0.3, -0.25) is 0 Å². The number of hydrogen-bond donors (Lipinski definition) is 1. The topological polar surface area (TPSA) is 61.0 Å². The highest BCUT2D eigenvalue weighted by atomic mass is 16.5. The van der Waals surface area contributed by atoms with E-state index in [-0.39, 0.29) is 0 Å². The molecule has 4 nitrogen and oxygen atoms in total. The van der Waals surface area contributed by atoms with Crippen molar-refractivity contribution >= 4 is 16.6 Å². The first-order chi connectivity index (χ1) is 9.76. The minimum Gasteiger partial charge on any atom is -0.384 e. The van der Waals surface area contributed by atoms with E-state index in [4.69, 9.17) is 10.5 Å². The highest BCUT2D eigenvalue weighted by molar-refractivity contribution is 5.86. The Kier molecular flexibility index (Phi) is 3.31. The van der Waals surface area contributed by atoms with Crippen LogP contribution in [0.2, 0.25) is 0 Å². The van der Waals surface area contributed by atoms with E-state index in [1.165, 1.54) is 10.8 Å². The van der Waals surface area contributed by atoms with Gasteiger partial charge in [-0.25, -0.2) is 9.97 Å². The molecule has 0 spiro atoms. The summed E-state index contributed by atoms with van der Waals surface area (Å²) >= 11 is 0. The van der Waals surface area contributed by atoms with Gasteiger partial charge >= 0.3 is 0 Å². The third-order valence-electron chi connectivity index (χ3n) is 3.11. The van der Waals surface area contributed by atoms with Crippen LogP contribution in [-0.4, -0.2) is 17.1 Å². The summed E-state index contributed by atoms with van der Waals surface area (Å²) in [6.07, 6.45) is 0. The Morgan fingerprint density at radius 1 is 1.00 bits per heavy atom. The standard InChI is InChI=1S/C16H15N3O/c1-20-10-16-18-14(9-15(17)19-16)13-7-6-11-4-2-3-5-12(11)8-13/h2-9H,10H2,1H3,(H2,17,18,19). The van der Waals surface area contributed by atoms with E-state index in [2.05, 4.69) is 34.2 Å².